The molecule has 2 heterocycles. The Bertz CT molecular complexity index is 896. The van der Waals surface area contributed by atoms with Crippen molar-refractivity contribution in [3.8, 4) is 5.75 Å². The molecule has 1 unspecified atom stereocenters. The highest BCUT2D eigenvalue weighted by Crippen LogP contribution is 2.24. The zero-order valence-corrected chi connectivity index (χ0v) is 16.6. The van der Waals surface area contributed by atoms with Gasteiger partial charge in [-0.25, -0.2) is 0 Å². The zero-order chi connectivity index (χ0) is 20.4. The van der Waals surface area contributed by atoms with Crippen LogP contribution in [0.5, 0.6) is 5.75 Å². The lowest BCUT2D eigenvalue weighted by molar-refractivity contribution is -0.141. The van der Waals surface area contributed by atoms with Gasteiger partial charge >= 0.3 is 0 Å². The van der Waals surface area contributed by atoms with Crippen molar-refractivity contribution in [2.45, 2.75) is 46.3 Å². The number of hydrogen-bond acceptors (Lipinski definition) is 5. The van der Waals surface area contributed by atoms with Crippen molar-refractivity contribution in [3.05, 3.63) is 53.5 Å². The molecule has 3 rings (SSSR count). The van der Waals surface area contributed by atoms with Crippen molar-refractivity contribution < 1.29 is 23.5 Å². The number of benzene rings is 1. The molecule has 6 heteroatoms. The predicted octanol–water partition coefficient (Wildman–Crippen LogP) is 3.28. The number of hydrogen-bond donors (Lipinski definition) is 0. The van der Waals surface area contributed by atoms with E-state index in [0.717, 1.165) is 11.3 Å². The van der Waals surface area contributed by atoms with Crippen LogP contribution in [-0.2, 0) is 16.0 Å². The number of nitrogens with zero attached hydrogens (tertiary/aromatic N) is 1. The van der Waals surface area contributed by atoms with E-state index in [1.54, 1.807) is 12.1 Å². The van der Waals surface area contributed by atoms with Crippen molar-refractivity contribution in [2.24, 2.45) is 5.92 Å². The molecule has 1 atom stereocenters. The fraction of sp³-hybridized carbons (Fsp3) is 0.409. The molecule has 0 spiro atoms. The summed E-state index contributed by atoms with van der Waals surface area (Å²) in [7, 11) is 0. The Labute approximate surface area is 164 Å². The van der Waals surface area contributed by atoms with Crippen LogP contribution in [0.15, 0.2) is 40.8 Å². The van der Waals surface area contributed by atoms with E-state index in [9.17, 15) is 14.4 Å². The third kappa shape index (κ3) is 4.16. The van der Waals surface area contributed by atoms with Crippen molar-refractivity contribution >= 4 is 17.5 Å². The molecule has 0 N–H and O–H groups in total. The molecule has 1 aliphatic heterocycles. The molecule has 148 valence electrons. The van der Waals surface area contributed by atoms with Crippen molar-refractivity contribution in [3.63, 3.8) is 0 Å². The van der Waals surface area contributed by atoms with Gasteiger partial charge in [-0.1, -0.05) is 12.1 Å². The SMILES string of the molecule is CC(C)Oc1cccc(Cc2ccc(C(=O)C3CN(C(C)C)C(=O)C3=O)o2)c1. The number of ether oxygens (including phenoxy) is 1. The molecule has 1 saturated heterocycles. The molecule has 2 aromatic rings. The number of carbonyl (C=O) groups is 3. The Kier molecular flexibility index (Phi) is 5.68. The summed E-state index contributed by atoms with van der Waals surface area (Å²) in [5.74, 6) is -1.18. The lowest BCUT2D eigenvalue weighted by Gasteiger charge is -2.19. The van der Waals surface area contributed by atoms with Gasteiger partial charge < -0.3 is 14.1 Å². The molecule has 6 nitrogen and oxygen atoms in total. The predicted molar refractivity (Wildman–Crippen MR) is 103 cm³/mol. The van der Waals surface area contributed by atoms with Crippen molar-refractivity contribution in [1.82, 2.24) is 4.90 Å². The number of amides is 1. The van der Waals surface area contributed by atoms with Gasteiger partial charge in [0.25, 0.3) is 5.91 Å². The summed E-state index contributed by atoms with van der Waals surface area (Å²) in [6.45, 7) is 7.68. The van der Waals surface area contributed by atoms with E-state index in [1.807, 2.05) is 52.0 Å². The van der Waals surface area contributed by atoms with Gasteiger partial charge in [-0.3, -0.25) is 14.4 Å². The Morgan fingerprint density at radius 1 is 1.18 bits per heavy atom. The molecule has 0 bridgehead atoms. The topological polar surface area (TPSA) is 76.8 Å². The molecule has 1 fully saturated rings. The zero-order valence-electron chi connectivity index (χ0n) is 16.6. The van der Waals surface area contributed by atoms with Crippen LogP contribution in [0.25, 0.3) is 0 Å². The lowest BCUT2D eigenvalue weighted by Crippen LogP contribution is -2.33. The third-order valence-electron chi connectivity index (χ3n) is 4.66. The van der Waals surface area contributed by atoms with Crippen LogP contribution < -0.4 is 4.74 Å². The van der Waals surface area contributed by atoms with Gasteiger partial charge in [0.1, 0.15) is 17.4 Å². The number of rotatable bonds is 7. The van der Waals surface area contributed by atoms with Gasteiger partial charge in [0, 0.05) is 19.0 Å². The van der Waals surface area contributed by atoms with E-state index in [1.165, 1.54) is 4.90 Å². The maximum Gasteiger partial charge on any atom is 0.291 e. The molecule has 0 radical (unpaired) electrons. The normalized spacial score (nSPS) is 17.1. The largest absolute Gasteiger partial charge is 0.491 e. The molecule has 1 amide bonds. The maximum absolute atomic E-state index is 12.7. The van der Waals surface area contributed by atoms with E-state index in [4.69, 9.17) is 9.15 Å². The van der Waals surface area contributed by atoms with E-state index in [0.29, 0.717) is 12.2 Å². The summed E-state index contributed by atoms with van der Waals surface area (Å²) in [6, 6.07) is 10.9. The summed E-state index contributed by atoms with van der Waals surface area (Å²) in [4.78, 5) is 38.3. The highest BCUT2D eigenvalue weighted by Gasteiger charge is 2.44. The number of Topliss-reactive ketones (excluding diaryl/α,β-unsaturated/α-hetero) is 2. The van der Waals surface area contributed by atoms with Crippen LogP contribution in [0.3, 0.4) is 0 Å². The van der Waals surface area contributed by atoms with Gasteiger partial charge in [-0.05, 0) is 57.5 Å². The number of furan rings is 1. The van der Waals surface area contributed by atoms with Crippen LogP contribution >= 0.6 is 0 Å². The number of likely N-dealkylation sites (tertiary alicyclic amines) is 1. The molecule has 0 aliphatic carbocycles. The first-order valence-electron chi connectivity index (χ1n) is 9.49. The number of carbonyl (C=O) groups excluding carboxylic acids is 3. The first kappa shape index (κ1) is 19.9. The van der Waals surface area contributed by atoms with Crippen LogP contribution in [0.2, 0.25) is 0 Å². The van der Waals surface area contributed by atoms with Crippen LogP contribution in [0, 0.1) is 5.92 Å². The Balaban J connectivity index is 1.71. The quantitative estimate of drug-likeness (QED) is 0.417. The molecule has 28 heavy (non-hydrogen) atoms. The summed E-state index contributed by atoms with van der Waals surface area (Å²) in [6.07, 6.45) is 0.582. The van der Waals surface area contributed by atoms with Crippen molar-refractivity contribution in [1.29, 1.82) is 0 Å². The Morgan fingerprint density at radius 3 is 2.57 bits per heavy atom. The maximum atomic E-state index is 12.7. The average molecular weight is 383 g/mol. The molecule has 1 aliphatic rings. The lowest BCUT2D eigenvalue weighted by atomic mass is 10.0. The summed E-state index contributed by atoms with van der Waals surface area (Å²) in [5, 5.41) is 0. The minimum absolute atomic E-state index is 0.0835. The Hall–Kier alpha value is -2.89. The van der Waals surface area contributed by atoms with E-state index >= 15 is 0 Å². The standard InChI is InChI=1S/C22H25NO5/c1-13(2)23-12-18(21(25)22(23)26)20(24)19-9-8-17(28-19)11-15-6-5-7-16(10-15)27-14(3)4/h5-10,13-14,18H,11-12H2,1-4H3. The van der Waals surface area contributed by atoms with E-state index in [2.05, 4.69) is 0 Å². The fourth-order valence-corrected chi connectivity index (χ4v) is 3.28. The van der Waals surface area contributed by atoms with Crippen LogP contribution in [-0.4, -0.2) is 41.1 Å². The minimum atomic E-state index is -0.989. The van der Waals surface area contributed by atoms with Gasteiger partial charge in [-0.2, -0.15) is 0 Å². The first-order valence-corrected chi connectivity index (χ1v) is 9.49. The molecular formula is C22H25NO5. The van der Waals surface area contributed by atoms with Crippen LogP contribution in [0.1, 0.15) is 49.6 Å². The molecule has 1 aromatic carbocycles. The second-order valence-electron chi connectivity index (χ2n) is 7.59. The summed E-state index contributed by atoms with van der Waals surface area (Å²) < 4.78 is 11.4. The Morgan fingerprint density at radius 2 is 1.93 bits per heavy atom. The molecule has 0 saturated carbocycles. The minimum Gasteiger partial charge on any atom is -0.491 e. The third-order valence-corrected chi connectivity index (χ3v) is 4.66. The van der Waals surface area contributed by atoms with E-state index < -0.39 is 23.4 Å². The van der Waals surface area contributed by atoms with Crippen LogP contribution in [0.4, 0.5) is 0 Å². The monoisotopic (exact) mass is 383 g/mol. The van der Waals surface area contributed by atoms with Gasteiger partial charge in [0.15, 0.2) is 5.76 Å². The van der Waals surface area contributed by atoms with Gasteiger partial charge in [0.2, 0.25) is 11.6 Å². The molecular weight excluding hydrogens is 358 g/mol. The fourth-order valence-electron chi connectivity index (χ4n) is 3.28. The average Bonchev–Trinajstić information content (AvgIpc) is 3.20. The van der Waals surface area contributed by atoms with E-state index in [-0.39, 0.29) is 24.5 Å². The van der Waals surface area contributed by atoms with Gasteiger partial charge in [0.05, 0.1) is 6.10 Å². The second-order valence-corrected chi connectivity index (χ2v) is 7.59. The highest BCUT2D eigenvalue weighted by molar-refractivity contribution is 6.43. The number of ketones is 2. The summed E-state index contributed by atoms with van der Waals surface area (Å²) >= 11 is 0. The molecule has 1 aromatic heterocycles. The smallest absolute Gasteiger partial charge is 0.291 e. The first-order chi connectivity index (χ1) is 13.3. The second kappa shape index (κ2) is 8.00. The highest BCUT2D eigenvalue weighted by atomic mass is 16.5. The van der Waals surface area contributed by atoms with Gasteiger partial charge in [-0.15, -0.1) is 0 Å². The van der Waals surface area contributed by atoms with Crippen molar-refractivity contribution in [2.75, 3.05) is 6.54 Å². The summed E-state index contributed by atoms with van der Waals surface area (Å²) in [5.41, 5.74) is 0.990.